The Bertz CT molecular complexity index is 316. The topological polar surface area (TPSA) is 39.2 Å². The minimum atomic E-state index is -0.867. The quantitative estimate of drug-likeness (QED) is 0.664. The molecule has 64 valence electrons. The van der Waals surface area contributed by atoms with Gasteiger partial charge < -0.3 is 4.74 Å². The summed E-state index contributed by atoms with van der Waals surface area (Å²) in [5.74, 6) is -1.07. The van der Waals surface area contributed by atoms with Crippen molar-refractivity contribution in [3.8, 4) is 5.88 Å². The van der Waals surface area contributed by atoms with Gasteiger partial charge in [-0.25, -0.2) is 9.37 Å². The van der Waals surface area contributed by atoms with Gasteiger partial charge in [0.25, 0.3) is 11.1 Å². The molecule has 0 aliphatic heterocycles. The van der Waals surface area contributed by atoms with Gasteiger partial charge in [-0.3, -0.25) is 4.79 Å². The third-order valence-corrected chi connectivity index (χ3v) is 1.47. The number of carbonyl (C=O) groups excluding carboxylic acids is 1. The lowest BCUT2D eigenvalue weighted by atomic mass is 10.3. The second-order valence-electron chi connectivity index (χ2n) is 1.96. The van der Waals surface area contributed by atoms with E-state index in [1.807, 2.05) is 0 Å². The van der Waals surface area contributed by atoms with Gasteiger partial charge in [-0.2, -0.15) is 0 Å². The van der Waals surface area contributed by atoms with Crippen molar-refractivity contribution in [3.63, 3.8) is 0 Å². The predicted molar refractivity (Wildman–Crippen MR) is 40.9 cm³/mol. The van der Waals surface area contributed by atoms with E-state index in [0.29, 0.717) is 0 Å². The van der Waals surface area contributed by atoms with Crippen molar-refractivity contribution in [2.45, 2.75) is 0 Å². The monoisotopic (exact) mass is 189 g/mol. The second kappa shape index (κ2) is 3.49. The molecule has 0 unspecified atom stereocenters. The van der Waals surface area contributed by atoms with Crippen LogP contribution in [0.4, 0.5) is 4.39 Å². The average Bonchev–Trinajstić information content (AvgIpc) is 2.04. The molecule has 0 bridgehead atoms. The molecule has 0 radical (unpaired) electrons. The van der Waals surface area contributed by atoms with Gasteiger partial charge >= 0.3 is 0 Å². The van der Waals surface area contributed by atoms with E-state index >= 15 is 0 Å². The maximum absolute atomic E-state index is 13.0. The molecule has 0 aromatic carbocycles. The van der Waals surface area contributed by atoms with E-state index in [0.717, 1.165) is 0 Å². The number of rotatable bonds is 2. The molecule has 0 fully saturated rings. The summed E-state index contributed by atoms with van der Waals surface area (Å²) in [5, 5.41) is -0.867. The Balaban J connectivity index is 3.23. The van der Waals surface area contributed by atoms with Gasteiger partial charge in [-0.05, 0) is 17.7 Å². The standard InChI is InChI=1S/C7H5ClFNO2/c1-12-7-5(9)4(6(8)11)2-3-10-7/h2-3H,1H3. The molecule has 0 atom stereocenters. The van der Waals surface area contributed by atoms with Crippen molar-refractivity contribution < 1.29 is 13.9 Å². The van der Waals surface area contributed by atoms with Crippen LogP contribution in [0.2, 0.25) is 0 Å². The normalized spacial score (nSPS) is 9.58. The Morgan fingerprint density at radius 2 is 2.42 bits per heavy atom. The van der Waals surface area contributed by atoms with Crippen molar-refractivity contribution in [3.05, 3.63) is 23.6 Å². The molecule has 0 spiro atoms. The molecule has 0 saturated heterocycles. The van der Waals surface area contributed by atoms with Crippen LogP contribution in [0.25, 0.3) is 0 Å². The number of hydrogen-bond acceptors (Lipinski definition) is 3. The van der Waals surface area contributed by atoms with Crippen LogP contribution < -0.4 is 4.74 Å². The van der Waals surface area contributed by atoms with Crippen LogP contribution in [0, 0.1) is 5.82 Å². The van der Waals surface area contributed by atoms with E-state index in [1.54, 1.807) is 0 Å². The third kappa shape index (κ3) is 1.53. The molecule has 12 heavy (non-hydrogen) atoms. The zero-order chi connectivity index (χ0) is 9.14. The van der Waals surface area contributed by atoms with Gasteiger partial charge in [0.1, 0.15) is 0 Å². The van der Waals surface area contributed by atoms with Crippen LogP contribution in [-0.2, 0) is 0 Å². The lowest BCUT2D eigenvalue weighted by Crippen LogP contribution is -1.99. The number of aromatic nitrogens is 1. The fourth-order valence-electron chi connectivity index (χ4n) is 0.719. The fourth-order valence-corrected chi connectivity index (χ4v) is 0.865. The zero-order valence-corrected chi connectivity index (χ0v) is 6.93. The van der Waals surface area contributed by atoms with Gasteiger partial charge in [-0.1, -0.05) is 0 Å². The summed E-state index contributed by atoms with van der Waals surface area (Å²) in [6.07, 6.45) is 1.25. The van der Waals surface area contributed by atoms with Crippen molar-refractivity contribution >= 4 is 16.8 Å². The van der Waals surface area contributed by atoms with Crippen LogP contribution in [0.1, 0.15) is 10.4 Å². The van der Waals surface area contributed by atoms with Gasteiger partial charge in [-0.15, -0.1) is 0 Å². The number of ether oxygens (including phenoxy) is 1. The van der Waals surface area contributed by atoms with E-state index in [9.17, 15) is 9.18 Å². The van der Waals surface area contributed by atoms with Crippen LogP contribution in [0.3, 0.4) is 0 Å². The first-order valence-electron chi connectivity index (χ1n) is 3.05. The largest absolute Gasteiger partial charge is 0.479 e. The molecule has 0 N–H and O–H groups in total. The molecular formula is C7H5ClFNO2. The van der Waals surface area contributed by atoms with Gasteiger partial charge in [0.05, 0.1) is 12.7 Å². The Hall–Kier alpha value is -1.16. The molecule has 1 heterocycles. The van der Waals surface area contributed by atoms with E-state index in [1.165, 1.54) is 19.4 Å². The number of hydrogen-bond donors (Lipinski definition) is 0. The summed E-state index contributed by atoms with van der Waals surface area (Å²) < 4.78 is 17.6. The molecule has 0 amide bonds. The highest BCUT2D eigenvalue weighted by Gasteiger charge is 2.13. The number of carbonyl (C=O) groups is 1. The first-order valence-corrected chi connectivity index (χ1v) is 3.43. The van der Waals surface area contributed by atoms with E-state index < -0.39 is 11.1 Å². The zero-order valence-electron chi connectivity index (χ0n) is 6.17. The molecule has 5 heteroatoms. The van der Waals surface area contributed by atoms with Gasteiger partial charge in [0.15, 0.2) is 5.82 Å². The lowest BCUT2D eigenvalue weighted by molar-refractivity contribution is 0.107. The Labute approximate surface area is 73.1 Å². The van der Waals surface area contributed by atoms with Crippen molar-refractivity contribution in [1.82, 2.24) is 4.98 Å². The number of methoxy groups -OCH3 is 1. The highest BCUT2D eigenvalue weighted by Crippen LogP contribution is 2.17. The first-order chi connectivity index (χ1) is 5.66. The summed E-state index contributed by atoms with van der Waals surface area (Å²) in [7, 11) is 1.26. The van der Waals surface area contributed by atoms with E-state index in [-0.39, 0.29) is 11.4 Å². The van der Waals surface area contributed by atoms with Crippen LogP contribution in [-0.4, -0.2) is 17.3 Å². The van der Waals surface area contributed by atoms with Gasteiger partial charge in [0, 0.05) is 6.20 Å². The SMILES string of the molecule is COc1nccc(C(=O)Cl)c1F. The van der Waals surface area contributed by atoms with Crippen LogP contribution in [0.15, 0.2) is 12.3 Å². The first kappa shape index (κ1) is 8.93. The molecule has 0 aliphatic rings. The summed E-state index contributed by atoms with van der Waals surface area (Å²) in [6, 6.07) is 1.19. The fraction of sp³-hybridized carbons (Fsp3) is 0.143. The smallest absolute Gasteiger partial charge is 0.255 e. The minimum Gasteiger partial charge on any atom is -0.479 e. The van der Waals surface area contributed by atoms with Crippen LogP contribution >= 0.6 is 11.6 Å². The predicted octanol–water partition coefficient (Wildman–Crippen LogP) is 1.61. The summed E-state index contributed by atoms with van der Waals surface area (Å²) in [4.78, 5) is 14.1. The van der Waals surface area contributed by atoms with E-state index in [2.05, 4.69) is 9.72 Å². The molecule has 0 saturated carbocycles. The minimum absolute atomic E-state index is 0.233. The van der Waals surface area contributed by atoms with Gasteiger partial charge in [0.2, 0.25) is 0 Å². The number of halogens is 2. The van der Waals surface area contributed by atoms with E-state index in [4.69, 9.17) is 11.6 Å². The average molecular weight is 190 g/mol. The molecule has 1 aromatic rings. The maximum Gasteiger partial charge on any atom is 0.255 e. The molecule has 1 rings (SSSR count). The Kier molecular flexibility index (Phi) is 2.60. The molecule has 1 aromatic heterocycles. The second-order valence-corrected chi connectivity index (χ2v) is 2.30. The van der Waals surface area contributed by atoms with Crippen molar-refractivity contribution in [2.75, 3.05) is 7.11 Å². The summed E-state index contributed by atoms with van der Waals surface area (Å²) in [6.45, 7) is 0. The highest BCUT2D eigenvalue weighted by atomic mass is 35.5. The summed E-state index contributed by atoms with van der Waals surface area (Å²) >= 11 is 5.08. The van der Waals surface area contributed by atoms with Crippen molar-refractivity contribution in [1.29, 1.82) is 0 Å². The Morgan fingerprint density at radius 1 is 1.75 bits per heavy atom. The number of nitrogens with zero attached hydrogens (tertiary/aromatic N) is 1. The van der Waals surface area contributed by atoms with Crippen LogP contribution in [0.5, 0.6) is 5.88 Å². The lowest BCUT2D eigenvalue weighted by Gasteiger charge is -2.01. The molecular weight excluding hydrogens is 185 g/mol. The number of pyridine rings is 1. The molecule has 0 aliphatic carbocycles. The molecule has 3 nitrogen and oxygen atoms in total. The third-order valence-electron chi connectivity index (χ3n) is 1.26. The highest BCUT2D eigenvalue weighted by molar-refractivity contribution is 6.67. The van der Waals surface area contributed by atoms with Crippen molar-refractivity contribution in [2.24, 2.45) is 0 Å². The maximum atomic E-state index is 13.0. The Morgan fingerprint density at radius 3 is 2.92 bits per heavy atom. The summed E-state index contributed by atoms with van der Waals surface area (Å²) in [5.41, 5.74) is -0.233.